The van der Waals surface area contributed by atoms with Gasteiger partial charge in [-0.1, -0.05) is 58.5 Å². The molecule has 2 rings (SSSR count). The molecule has 0 spiro atoms. The average Bonchev–Trinajstić information content (AvgIpc) is 2.33. The van der Waals surface area contributed by atoms with Crippen LogP contribution in [0.15, 0.2) is 30.3 Å². The van der Waals surface area contributed by atoms with Crippen LogP contribution < -0.4 is 0 Å². The van der Waals surface area contributed by atoms with Gasteiger partial charge in [0.25, 0.3) is 0 Å². The zero-order chi connectivity index (χ0) is 13.3. The molecule has 0 aliphatic rings. The Kier molecular flexibility index (Phi) is 4.45. The third-order valence-electron chi connectivity index (χ3n) is 2.85. The Bertz CT molecular complexity index is 591. The van der Waals surface area contributed by atoms with Crippen molar-refractivity contribution in [1.82, 2.24) is 0 Å². The smallest absolute Gasteiger partial charge is 0.0624 e. The molecule has 0 aromatic heterocycles. The molecule has 0 N–H and O–H groups in total. The summed E-state index contributed by atoms with van der Waals surface area (Å²) in [5.74, 6) is 0. The number of hydrogen-bond donors (Lipinski definition) is 0. The summed E-state index contributed by atoms with van der Waals surface area (Å²) in [5.41, 5.74) is 3.10. The summed E-state index contributed by atoms with van der Waals surface area (Å²) >= 11 is 24.1. The summed E-state index contributed by atoms with van der Waals surface area (Å²) in [6.07, 6.45) is 0.707. The van der Waals surface area contributed by atoms with E-state index in [1.807, 2.05) is 25.1 Å². The van der Waals surface area contributed by atoms with Crippen molar-refractivity contribution < 1.29 is 0 Å². The summed E-state index contributed by atoms with van der Waals surface area (Å²) in [4.78, 5) is 0. The number of benzene rings is 2. The van der Waals surface area contributed by atoms with E-state index in [9.17, 15) is 0 Å². The Morgan fingerprint density at radius 2 is 1.50 bits per heavy atom. The molecule has 0 saturated carbocycles. The fourth-order valence-corrected chi connectivity index (χ4v) is 2.62. The van der Waals surface area contributed by atoms with Gasteiger partial charge < -0.3 is 0 Å². The van der Waals surface area contributed by atoms with Gasteiger partial charge in [-0.05, 0) is 48.2 Å². The first kappa shape index (κ1) is 14.0. The van der Waals surface area contributed by atoms with Crippen LogP contribution in [0.2, 0.25) is 20.1 Å². The zero-order valence-electron chi connectivity index (χ0n) is 9.61. The van der Waals surface area contributed by atoms with Crippen LogP contribution in [0.3, 0.4) is 0 Å². The van der Waals surface area contributed by atoms with Gasteiger partial charge in [-0.3, -0.25) is 0 Å². The van der Waals surface area contributed by atoms with Gasteiger partial charge in [-0.25, -0.2) is 0 Å². The summed E-state index contributed by atoms with van der Waals surface area (Å²) in [5, 5.41) is 2.46. The average molecular weight is 320 g/mol. The third kappa shape index (κ3) is 2.95. The molecular formula is C14H10Cl4. The van der Waals surface area contributed by atoms with Crippen LogP contribution in [0.25, 0.3) is 0 Å². The molecule has 18 heavy (non-hydrogen) atoms. The maximum Gasteiger partial charge on any atom is 0.0624 e. The molecule has 0 bridgehead atoms. The van der Waals surface area contributed by atoms with Crippen LogP contribution in [0.5, 0.6) is 0 Å². The van der Waals surface area contributed by atoms with E-state index in [4.69, 9.17) is 46.4 Å². The fraction of sp³-hybridized carbons (Fsp3) is 0.143. The largest absolute Gasteiger partial charge is 0.0843 e. The van der Waals surface area contributed by atoms with Gasteiger partial charge in [0.1, 0.15) is 0 Å². The van der Waals surface area contributed by atoms with Crippen LogP contribution in [-0.2, 0) is 6.42 Å². The zero-order valence-corrected chi connectivity index (χ0v) is 12.6. The molecule has 0 nitrogen and oxygen atoms in total. The normalized spacial score (nSPS) is 10.7. The van der Waals surface area contributed by atoms with Gasteiger partial charge in [0.15, 0.2) is 0 Å². The predicted molar refractivity (Wildman–Crippen MR) is 80.5 cm³/mol. The molecule has 94 valence electrons. The SMILES string of the molecule is Cc1c(Cc2ccc(Cl)cc2Cl)ccc(Cl)c1Cl. The van der Waals surface area contributed by atoms with E-state index in [1.165, 1.54) is 0 Å². The van der Waals surface area contributed by atoms with Crippen LogP contribution in [0, 0.1) is 6.92 Å². The standard InChI is InChI=1S/C14H10Cl4/c1-8-9(3-5-12(16)14(8)18)6-10-2-4-11(15)7-13(10)17/h2-5,7H,6H2,1H3. The lowest BCUT2D eigenvalue weighted by Gasteiger charge is -2.10. The number of hydrogen-bond acceptors (Lipinski definition) is 0. The monoisotopic (exact) mass is 318 g/mol. The molecule has 0 atom stereocenters. The van der Waals surface area contributed by atoms with Crippen molar-refractivity contribution >= 4 is 46.4 Å². The molecule has 2 aromatic carbocycles. The maximum absolute atomic E-state index is 6.16. The van der Waals surface area contributed by atoms with Gasteiger partial charge in [0.2, 0.25) is 0 Å². The molecule has 0 fully saturated rings. The van der Waals surface area contributed by atoms with Gasteiger partial charge in [0.05, 0.1) is 10.0 Å². The lowest BCUT2D eigenvalue weighted by atomic mass is 10.0. The molecule has 4 heteroatoms. The summed E-state index contributed by atoms with van der Waals surface area (Å²) in [6.45, 7) is 1.95. The minimum absolute atomic E-state index is 0.570. The second-order valence-electron chi connectivity index (χ2n) is 4.06. The van der Waals surface area contributed by atoms with Crippen molar-refractivity contribution in [3.8, 4) is 0 Å². The van der Waals surface area contributed by atoms with Crippen molar-refractivity contribution in [1.29, 1.82) is 0 Å². The first-order valence-corrected chi connectivity index (χ1v) is 6.87. The van der Waals surface area contributed by atoms with E-state index in [0.29, 0.717) is 26.5 Å². The Morgan fingerprint density at radius 3 is 2.17 bits per heavy atom. The molecular weight excluding hydrogens is 310 g/mol. The summed E-state index contributed by atoms with van der Waals surface area (Å²) in [7, 11) is 0. The molecule has 0 heterocycles. The second-order valence-corrected chi connectivity index (χ2v) is 5.69. The summed E-state index contributed by atoms with van der Waals surface area (Å²) in [6, 6.07) is 9.26. The van der Waals surface area contributed by atoms with Crippen molar-refractivity contribution in [3.63, 3.8) is 0 Å². The number of rotatable bonds is 2. The Hall–Kier alpha value is -0.400. The van der Waals surface area contributed by atoms with E-state index in [-0.39, 0.29) is 0 Å². The highest BCUT2D eigenvalue weighted by Crippen LogP contribution is 2.30. The van der Waals surface area contributed by atoms with Gasteiger partial charge >= 0.3 is 0 Å². The molecule has 2 aromatic rings. The van der Waals surface area contributed by atoms with Crippen LogP contribution >= 0.6 is 46.4 Å². The Morgan fingerprint density at radius 1 is 0.833 bits per heavy atom. The molecule has 0 amide bonds. The van der Waals surface area contributed by atoms with Gasteiger partial charge in [-0.15, -0.1) is 0 Å². The van der Waals surface area contributed by atoms with E-state index >= 15 is 0 Å². The first-order chi connectivity index (χ1) is 8.49. The minimum atomic E-state index is 0.570. The second kappa shape index (κ2) is 5.71. The molecule has 0 aliphatic carbocycles. The van der Waals surface area contributed by atoms with Gasteiger partial charge in [-0.2, -0.15) is 0 Å². The first-order valence-electron chi connectivity index (χ1n) is 5.36. The Labute approximate surface area is 126 Å². The van der Waals surface area contributed by atoms with Crippen LogP contribution in [0.1, 0.15) is 16.7 Å². The third-order valence-corrected chi connectivity index (χ3v) is 4.33. The molecule has 0 saturated heterocycles. The molecule has 0 unspecified atom stereocenters. The van der Waals surface area contributed by atoms with E-state index in [1.54, 1.807) is 12.1 Å². The highest BCUT2D eigenvalue weighted by atomic mass is 35.5. The topological polar surface area (TPSA) is 0 Å². The van der Waals surface area contributed by atoms with Gasteiger partial charge in [0, 0.05) is 10.0 Å². The van der Waals surface area contributed by atoms with E-state index in [0.717, 1.165) is 16.7 Å². The number of halogens is 4. The van der Waals surface area contributed by atoms with E-state index in [2.05, 4.69) is 0 Å². The maximum atomic E-state index is 6.16. The Balaban J connectivity index is 2.37. The highest BCUT2D eigenvalue weighted by Gasteiger charge is 2.09. The van der Waals surface area contributed by atoms with Crippen molar-refractivity contribution in [2.75, 3.05) is 0 Å². The van der Waals surface area contributed by atoms with Crippen molar-refractivity contribution in [2.24, 2.45) is 0 Å². The highest BCUT2D eigenvalue weighted by molar-refractivity contribution is 6.42. The minimum Gasteiger partial charge on any atom is -0.0843 e. The lowest BCUT2D eigenvalue weighted by molar-refractivity contribution is 1.16. The molecule has 0 radical (unpaired) electrons. The van der Waals surface area contributed by atoms with E-state index < -0.39 is 0 Å². The molecule has 0 aliphatic heterocycles. The van der Waals surface area contributed by atoms with Crippen LogP contribution in [-0.4, -0.2) is 0 Å². The lowest BCUT2D eigenvalue weighted by Crippen LogP contribution is -1.94. The fourth-order valence-electron chi connectivity index (χ4n) is 1.75. The summed E-state index contributed by atoms with van der Waals surface area (Å²) < 4.78 is 0. The van der Waals surface area contributed by atoms with Crippen molar-refractivity contribution in [3.05, 3.63) is 67.1 Å². The predicted octanol–water partition coefficient (Wildman–Crippen LogP) is 6.20. The van der Waals surface area contributed by atoms with Crippen LogP contribution in [0.4, 0.5) is 0 Å². The van der Waals surface area contributed by atoms with Crippen molar-refractivity contribution in [2.45, 2.75) is 13.3 Å². The quantitative estimate of drug-likeness (QED) is 0.618.